The molecule has 4 aromatic rings. The second-order valence-electron chi connectivity index (χ2n) is 9.40. The van der Waals surface area contributed by atoms with Crippen molar-refractivity contribution in [1.29, 1.82) is 0 Å². The first-order valence-electron chi connectivity index (χ1n) is 12.5. The summed E-state index contributed by atoms with van der Waals surface area (Å²) in [5.74, 6) is -0.353. The van der Waals surface area contributed by atoms with Crippen LogP contribution in [-0.4, -0.2) is 31.9 Å². The van der Waals surface area contributed by atoms with Crippen LogP contribution in [0.2, 0.25) is 0 Å². The van der Waals surface area contributed by atoms with Gasteiger partial charge in [-0.2, -0.15) is 5.10 Å². The summed E-state index contributed by atoms with van der Waals surface area (Å²) in [5.41, 5.74) is 6.78. The lowest BCUT2D eigenvalue weighted by molar-refractivity contribution is 0.0671. The predicted octanol–water partition coefficient (Wildman–Crippen LogP) is 5.98. The van der Waals surface area contributed by atoms with Crippen LogP contribution in [0.15, 0.2) is 66.8 Å². The molecular weight excluding hydrogens is 451 g/mol. The van der Waals surface area contributed by atoms with E-state index in [-0.39, 0.29) is 17.8 Å². The fraction of sp³-hybridized carbons (Fsp3) is 0.233. The van der Waals surface area contributed by atoms with Gasteiger partial charge in [0.05, 0.1) is 11.7 Å². The Morgan fingerprint density at radius 2 is 2.00 bits per heavy atom. The van der Waals surface area contributed by atoms with Gasteiger partial charge in [0.15, 0.2) is 5.65 Å². The first-order valence-corrected chi connectivity index (χ1v) is 12.5. The van der Waals surface area contributed by atoms with Crippen LogP contribution in [0.1, 0.15) is 58.3 Å². The molecule has 180 valence electrons. The average Bonchev–Trinajstić information content (AvgIpc) is 3.17. The van der Waals surface area contributed by atoms with E-state index in [9.17, 15) is 4.79 Å². The number of amides is 1. The maximum absolute atomic E-state index is 15.5. The maximum atomic E-state index is 15.5. The van der Waals surface area contributed by atoms with Gasteiger partial charge in [-0.3, -0.25) is 4.79 Å². The van der Waals surface area contributed by atoms with Crippen LogP contribution >= 0.6 is 0 Å². The second-order valence-corrected chi connectivity index (χ2v) is 9.40. The third-order valence-electron chi connectivity index (χ3n) is 7.34. The number of carbonyl (C=O) groups is 1. The lowest BCUT2D eigenvalue weighted by atomic mass is 9.93. The fourth-order valence-corrected chi connectivity index (χ4v) is 5.35. The van der Waals surface area contributed by atoms with Crippen molar-refractivity contribution in [2.75, 3.05) is 6.54 Å². The van der Waals surface area contributed by atoms with Crippen molar-refractivity contribution in [1.82, 2.24) is 19.5 Å². The molecule has 0 saturated heterocycles. The number of rotatable bonds is 3. The average molecular weight is 479 g/mol. The van der Waals surface area contributed by atoms with Gasteiger partial charge < -0.3 is 4.90 Å². The highest BCUT2D eigenvalue weighted by atomic mass is 19.1. The molecule has 1 aliphatic heterocycles. The lowest BCUT2D eigenvalue weighted by Gasteiger charge is -2.35. The minimum absolute atomic E-state index is 0.0252. The highest BCUT2D eigenvalue weighted by molar-refractivity contribution is 5.93. The second kappa shape index (κ2) is 8.86. The molecule has 1 aliphatic carbocycles. The molecule has 0 bridgehead atoms. The molecule has 3 heterocycles. The Kier molecular flexibility index (Phi) is 5.52. The van der Waals surface area contributed by atoms with Gasteiger partial charge in [-0.15, -0.1) is 0 Å². The zero-order valence-corrected chi connectivity index (χ0v) is 20.4. The Hall–Kier alpha value is -4.06. The number of benzene rings is 2. The number of carbonyl (C=O) groups excluding carboxylic acids is 1. The highest BCUT2D eigenvalue weighted by Gasteiger charge is 2.29. The minimum atomic E-state index is -0.262. The van der Waals surface area contributed by atoms with E-state index in [1.54, 1.807) is 16.6 Å². The van der Waals surface area contributed by atoms with E-state index in [0.717, 1.165) is 17.7 Å². The van der Waals surface area contributed by atoms with Gasteiger partial charge in [-0.1, -0.05) is 61.6 Å². The van der Waals surface area contributed by atoms with Crippen molar-refractivity contribution in [2.24, 2.45) is 0 Å². The van der Waals surface area contributed by atoms with Crippen LogP contribution in [0, 0.1) is 5.82 Å². The fourth-order valence-electron chi connectivity index (χ4n) is 5.35. The molecule has 0 radical (unpaired) electrons. The van der Waals surface area contributed by atoms with Gasteiger partial charge in [0.1, 0.15) is 11.5 Å². The third-order valence-corrected chi connectivity index (χ3v) is 7.34. The zero-order valence-electron chi connectivity index (χ0n) is 20.4. The molecule has 6 heteroatoms. The Morgan fingerprint density at radius 1 is 1.14 bits per heavy atom. The van der Waals surface area contributed by atoms with Gasteiger partial charge in [0.2, 0.25) is 0 Å². The normalized spacial score (nSPS) is 16.6. The summed E-state index contributed by atoms with van der Waals surface area (Å²) in [7, 11) is 0. The van der Waals surface area contributed by atoms with Gasteiger partial charge in [0.25, 0.3) is 5.91 Å². The van der Waals surface area contributed by atoms with E-state index in [4.69, 9.17) is 10.1 Å². The van der Waals surface area contributed by atoms with Crippen molar-refractivity contribution in [2.45, 2.75) is 39.2 Å². The third kappa shape index (κ3) is 3.65. The van der Waals surface area contributed by atoms with Crippen LogP contribution in [0.3, 0.4) is 0 Å². The van der Waals surface area contributed by atoms with Crippen LogP contribution in [0.4, 0.5) is 4.39 Å². The molecule has 1 atom stereocenters. The van der Waals surface area contributed by atoms with E-state index < -0.39 is 0 Å². The summed E-state index contributed by atoms with van der Waals surface area (Å²) in [6.07, 6.45) is 9.76. The van der Waals surface area contributed by atoms with Crippen molar-refractivity contribution in [3.05, 3.63) is 106 Å². The molecule has 1 unspecified atom stereocenters. The Morgan fingerprint density at radius 3 is 2.86 bits per heavy atom. The molecular formula is C30H27FN4O. The molecule has 0 N–H and O–H groups in total. The van der Waals surface area contributed by atoms with E-state index >= 15 is 4.39 Å². The molecule has 2 aromatic carbocycles. The quantitative estimate of drug-likeness (QED) is 0.364. The van der Waals surface area contributed by atoms with Crippen molar-refractivity contribution >= 4 is 17.6 Å². The first kappa shape index (κ1) is 22.4. The lowest BCUT2D eigenvalue weighted by Crippen LogP contribution is -2.39. The topological polar surface area (TPSA) is 50.5 Å². The van der Waals surface area contributed by atoms with Crippen molar-refractivity contribution in [3.63, 3.8) is 0 Å². The van der Waals surface area contributed by atoms with E-state index in [1.807, 2.05) is 60.4 Å². The molecule has 2 aliphatic rings. The monoisotopic (exact) mass is 478 g/mol. The number of aryl methyl sites for hydroxylation is 1. The first-order chi connectivity index (χ1) is 17.5. The number of halogens is 1. The zero-order chi connectivity index (χ0) is 24.8. The number of nitrogens with zero attached hydrogens (tertiary/aromatic N) is 4. The molecule has 36 heavy (non-hydrogen) atoms. The number of allylic oxidation sites excluding steroid dienone is 3. The van der Waals surface area contributed by atoms with E-state index in [2.05, 4.69) is 19.1 Å². The van der Waals surface area contributed by atoms with Gasteiger partial charge in [-0.05, 0) is 60.6 Å². The molecule has 6 rings (SSSR count). The summed E-state index contributed by atoms with van der Waals surface area (Å²) in [4.78, 5) is 20.2. The predicted molar refractivity (Wildman–Crippen MR) is 139 cm³/mol. The molecule has 2 aromatic heterocycles. The Balaban J connectivity index is 1.39. The summed E-state index contributed by atoms with van der Waals surface area (Å²) >= 11 is 0. The number of hydrogen-bond donors (Lipinski definition) is 0. The summed E-state index contributed by atoms with van der Waals surface area (Å²) in [6, 6.07) is 15.6. The summed E-state index contributed by atoms with van der Waals surface area (Å²) < 4.78 is 17.3. The number of aromatic nitrogens is 3. The van der Waals surface area contributed by atoms with Gasteiger partial charge in [-0.25, -0.2) is 13.9 Å². The van der Waals surface area contributed by atoms with Gasteiger partial charge >= 0.3 is 0 Å². The standard InChI is InChI=1S/C30H27FN4O/c1-3-22-17-27(30(36)34-16-15-21-10-7-8-11-23(21)19(34)2)32-28-18-26(33-35(22)28)25-14-13-20-9-5-4-6-12-24(20)29(25)31/h4-11,13-14,17-19H,3,12,15-16H2,1-2H3. The summed E-state index contributed by atoms with van der Waals surface area (Å²) in [5, 5.41) is 4.70. The SMILES string of the molecule is CCc1cc(C(=O)N2CCc3ccccc3C2C)nc2cc(-c3ccc4c(c3F)CC=CC=C4)nn12. The van der Waals surface area contributed by atoms with E-state index in [1.165, 1.54) is 11.1 Å². The van der Waals surface area contributed by atoms with E-state index in [0.29, 0.717) is 47.5 Å². The van der Waals surface area contributed by atoms with Crippen molar-refractivity contribution < 1.29 is 9.18 Å². The van der Waals surface area contributed by atoms with Crippen LogP contribution < -0.4 is 0 Å². The van der Waals surface area contributed by atoms with Crippen molar-refractivity contribution in [3.8, 4) is 11.3 Å². The number of fused-ring (bicyclic) bond motifs is 3. The highest BCUT2D eigenvalue weighted by Crippen LogP contribution is 2.32. The summed E-state index contributed by atoms with van der Waals surface area (Å²) in [6.45, 7) is 4.74. The minimum Gasteiger partial charge on any atom is -0.330 e. The molecule has 0 fully saturated rings. The molecule has 5 nitrogen and oxygen atoms in total. The van der Waals surface area contributed by atoms with Gasteiger partial charge in [0, 0.05) is 23.9 Å². The molecule has 1 amide bonds. The molecule has 0 spiro atoms. The molecule has 0 saturated carbocycles. The van der Waals surface area contributed by atoms with Crippen LogP contribution in [0.5, 0.6) is 0 Å². The maximum Gasteiger partial charge on any atom is 0.273 e. The smallest absolute Gasteiger partial charge is 0.273 e. The largest absolute Gasteiger partial charge is 0.330 e. The Bertz CT molecular complexity index is 1560. The van der Waals surface area contributed by atoms with Crippen LogP contribution in [-0.2, 0) is 19.3 Å². The van der Waals surface area contributed by atoms with Crippen LogP contribution in [0.25, 0.3) is 23.0 Å². The Labute approximate surface area is 209 Å². The number of hydrogen-bond acceptors (Lipinski definition) is 3.